The van der Waals surface area contributed by atoms with E-state index in [0.717, 1.165) is 20.3 Å². The molecule has 3 heterocycles. The number of imidazole rings is 1. The second kappa shape index (κ2) is 6.68. The molecule has 29 heavy (non-hydrogen) atoms. The Morgan fingerprint density at radius 2 is 1.28 bits per heavy atom. The average molecular weight is 508 g/mol. The van der Waals surface area contributed by atoms with E-state index in [9.17, 15) is 0 Å². The number of hydrogen-bond donors (Lipinski definition) is 0. The number of hydrogen-bond acceptors (Lipinski definition) is 1. The normalized spacial score (nSPS) is 12.3. The van der Waals surface area contributed by atoms with Crippen molar-refractivity contribution in [1.82, 2.24) is 9.38 Å². The van der Waals surface area contributed by atoms with Crippen LogP contribution in [-0.2, 0) is 5.41 Å². The molecule has 0 atom stereocenters. The molecule has 0 aliphatic heterocycles. The molecular weight excluding hydrogens is 488 g/mol. The van der Waals surface area contributed by atoms with Crippen LogP contribution in [0.2, 0.25) is 0 Å². The maximum atomic E-state index is 5.04. The lowest BCUT2D eigenvalue weighted by molar-refractivity contribution is 0.579. The van der Waals surface area contributed by atoms with Crippen molar-refractivity contribution in [2.24, 2.45) is 0 Å². The van der Waals surface area contributed by atoms with Gasteiger partial charge in [-0.15, -0.1) is 0 Å². The van der Waals surface area contributed by atoms with Crippen LogP contribution in [0.3, 0.4) is 0 Å². The minimum atomic E-state index is -0.0611. The fourth-order valence-electron chi connectivity index (χ4n) is 4.09. The molecule has 0 saturated carbocycles. The SMILES string of the molecule is CC(C)(C)c1nc2cccc3c(-c4ccc(Br)cc4)c(-c4ccc(Br)cc4)c1n23. The van der Waals surface area contributed by atoms with Crippen LogP contribution >= 0.6 is 31.9 Å². The van der Waals surface area contributed by atoms with Gasteiger partial charge in [0.1, 0.15) is 5.65 Å². The van der Waals surface area contributed by atoms with Gasteiger partial charge in [-0.2, -0.15) is 0 Å². The van der Waals surface area contributed by atoms with Crippen molar-refractivity contribution in [3.05, 3.63) is 81.4 Å². The van der Waals surface area contributed by atoms with Crippen molar-refractivity contribution in [2.45, 2.75) is 26.2 Å². The molecule has 0 bridgehead atoms. The molecule has 5 rings (SSSR count). The summed E-state index contributed by atoms with van der Waals surface area (Å²) in [6.07, 6.45) is 0. The Balaban J connectivity index is 1.99. The molecule has 0 saturated heterocycles. The molecule has 5 aromatic rings. The Hall–Kier alpha value is -2.17. The maximum absolute atomic E-state index is 5.04. The number of benzene rings is 2. The van der Waals surface area contributed by atoms with E-state index in [1.165, 1.54) is 33.3 Å². The minimum absolute atomic E-state index is 0.0611. The van der Waals surface area contributed by atoms with Gasteiger partial charge in [-0.05, 0) is 47.5 Å². The quantitative estimate of drug-likeness (QED) is 0.236. The first kappa shape index (κ1) is 18.8. The number of halogens is 2. The van der Waals surface area contributed by atoms with Crippen LogP contribution in [0.25, 0.3) is 38.9 Å². The molecule has 3 aromatic heterocycles. The molecule has 0 aliphatic rings. The van der Waals surface area contributed by atoms with Crippen molar-refractivity contribution in [1.29, 1.82) is 0 Å². The summed E-state index contributed by atoms with van der Waals surface area (Å²) in [7, 11) is 0. The van der Waals surface area contributed by atoms with E-state index in [1.807, 2.05) is 0 Å². The number of aromatic nitrogens is 2. The molecular formula is C25H20Br2N2. The van der Waals surface area contributed by atoms with Crippen molar-refractivity contribution >= 4 is 48.5 Å². The fraction of sp³-hybridized carbons (Fsp3) is 0.160. The molecule has 4 heteroatoms. The summed E-state index contributed by atoms with van der Waals surface area (Å²) in [4.78, 5) is 5.04. The zero-order valence-electron chi connectivity index (χ0n) is 16.5. The highest BCUT2D eigenvalue weighted by molar-refractivity contribution is 9.10. The summed E-state index contributed by atoms with van der Waals surface area (Å²) >= 11 is 7.15. The van der Waals surface area contributed by atoms with Gasteiger partial charge in [-0.25, -0.2) is 4.98 Å². The summed E-state index contributed by atoms with van der Waals surface area (Å²) in [6, 6.07) is 23.6. The summed E-state index contributed by atoms with van der Waals surface area (Å²) in [5, 5.41) is 0. The number of pyridine rings is 1. The first-order valence-corrected chi connectivity index (χ1v) is 11.2. The van der Waals surface area contributed by atoms with Crippen LogP contribution in [0.5, 0.6) is 0 Å². The highest BCUT2D eigenvalue weighted by Crippen LogP contribution is 2.45. The predicted molar refractivity (Wildman–Crippen MR) is 129 cm³/mol. The maximum Gasteiger partial charge on any atom is 0.138 e. The Labute approximate surface area is 187 Å². The lowest BCUT2D eigenvalue weighted by atomic mass is 9.88. The third-order valence-electron chi connectivity index (χ3n) is 5.36. The van der Waals surface area contributed by atoms with Crippen molar-refractivity contribution in [3.63, 3.8) is 0 Å². The first-order valence-electron chi connectivity index (χ1n) is 9.63. The van der Waals surface area contributed by atoms with Crippen molar-refractivity contribution < 1.29 is 0 Å². The summed E-state index contributed by atoms with van der Waals surface area (Å²) < 4.78 is 4.49. The highest BCUT2D eigenvalue weighted by atomic mass is 79.9. The Morgan fingerprint density at radius 3 is 1.83 bits per heavy atom. The molecule has 0 radical (unpaired) electrons. The molecule has 0 N–H and O–H groups in total. The van der Waals surface area contributed by atoms with E-state index < -0.39 is 0 Å². The van der Waals surface area contributed by atoms with Crippen LogP contribution < -0.4 is 0 Å². The van der Waals surface area contributed by atoms with Gasteiger partial charge in [0.25, 0.3) is 0 Å². The van der Waals surface area contributed by atoms with Gasteiger partial charge in [0.15, 0.2) is 0 Å². The zero-order valence-corrected chi connectivity index (χ0v) is 19.7. The van der Waals surface area contributed by atoms with Crippen LogP contribution in [0, 0.1) is 0 Å². The largest absolute Gasteiger partial charge is 0.292 e. The standard InChI is InChI=1S/C25H20Br2N2/c1-25(2,3)24-23-22(16-9-13-18(27)14-10-16)21(15-7-11-17(26)12-8-15)19-5-4-6-20(28-24)29(19)23/h4-14H,1-3H3. The summed E-state index contributed by atoms with van der Waals surface area (Å²) in [5.41, 5.74) is 9.40. The van der Waals surface area contributed by atoms with E-state index in [4.69, 9.17) is 4.98 Å². The smallest absolute Gasteiger partial charge is 0.138 e. The zero-order chi connectivity index (χ0) is 20.3. The molecule has 2 aromatic carbocycles. The van der Waals surface area contributed by atoms with Crippen LogP contribution in [-0.4, -0.2) is 9.38 Å². The fourth-order valence-corrected chi connectivity index (χ4v) is 4.62. The topological polar surface area (TPSA) is 17.3 Å². The molecule has 0 amide bonds. The third-order valence-corrected chi connectivity index (χ3v) is 6.42. The highest BCUT2D eigenvalue weighted by Gasteiger charge is 2.29. The third kappa shape index (κ3) is 3.01. The second-order valence-corrected chi connectivity index (χ2v) is 10.3. The Bertz CT molecular complexity index is 1320. The molecule has 144 valence electrons. The monoisotopic (exact) mass is 506 g/mol. The van der Waals surface area contributed by atoms with Gasteiger partial charge in [0, 0.05) is 25.5 Å². The average Bonchev–Trinajstić information content (AvgIpc) is 3.23. The Kier molecular flexibility index (Phi) is 4.34. The molecule has 0 unspecified atom stereocenters. The lowest BCUT2D eigenvalue weighted by Gasteiger charge is -2.17. The van der Waals surface area contributed by atoms with Crippen LogP contribution in [0.4, 0.5) is 0 Å². The first-order chi connectivity index (χ1) is 13.8. The van der Waals surface area contributed by atoms with E-state index in [2.05, 4.69) is 124 Å². The molecule has 0 fully saturated rings. The van der Waals surface area contributed by atoms with E-state index in [0.29, 0.717) is 0 Å². The van der Waals surface area contributed by atoms with Gasteiger partial charge >= 0.3 is 0 Å². The number of rotatable bonds is 2. The van der Waals surface area contributed by atoms with Crippen molar-refractivity contribution in [2.75, 3.05) is 0 Å². The Morgan fingerprint density at radius 1 is 0.724 bits per heavy atom. The lowest BCUT2D eigenvalue weighted by Crippen LogP contribution is -2.12. The van der Waals surface area contributed by atoms with Gasteiger partial charge in [-0.3, -0.25) is 4.40 Å². The molecule has 2 nitrogen and oxygen atoms in total. The second-order valence-electron chi connectivity index (χ2n) is 8.43. The van der Waals surface area contributed by atoms with Gasteiger partial charge in [0.2, 0.25) is 0 Å². The minimum Gasteiger partial charge on any atom is -0.292 e. The number of nitrogens with zero attached hydrogens (tertiary/aromatic N) is 2. The summed E-state index contributed by atoms with van der Waals surface area (Å²) in [5.74, 6) is 0. The van der Waals surface area contributed by atoms with Gasteiger partial charge in [-0.1, -0.05) is 83.0 Å². The van der Waals surface area contributed by atoms with Crippen LogP contribution in [0.1, 0.15) is 26.5 Å². The van der Waals surface area contributed by atoms with Gasteiger partial charge in [0.05, 0.1) is 16.7 Å². The van der Waals surface area contributed by atoms with Gasteiger partial charge < -0.3 is 0 Å². The predicted octanol–water partition coefficient (Wildman–Crippen LogP) is 8.08. The van der Waals surface area contributed by atoms with Crippen molar-refractivity contribution in [3.8, 4) is 22.3 Å². The summed E-state index contributed by atoms with van der Waals surface area (Å²) in [6.45, 7) is 6.71. The van der Waals surface area contributed by atoms with E-state index >= 15 is 0 Å². The molecule has 0 spiro atoms. The van der Waals surface area contributed by atoms with E-state index in [1.54, 1.807) is 0 Å². The molecule has 0 aliphatic carbocycles. The van der Waals surface area contributed by atoms with E-state index in [-0.39, 0.29) is 5.41 Å². The van der Waals surface area contributed by atoms with Crippen LogP contribution in [0.15, 0.2) is 75.7 Å².